The van der Waals surface area contributed by atoms with Crippen LogP contribution in [0.4, 0.5) is 0 Å². The molecule has 0 N–H and O–H groups in total. The van der Waals surface area contributed by atoms with Gasteiger partial charge in [-0.1, -0.05) is 170 Å². The average molecular weight is 896 g/mol. The Bertz CT molecular complexity index is 4270. The summed E-state index contributed by atoms with van der Waals surface area (Å²) in [5, 5.41) is 12.9. The zero-order chi connectivity index (χ0) is 45.2. The number of para-hydroxylation sites is 3. The Kier molecular flexibility index (Phi) is 8.42. The molecule has 13 aromatic rings. The summed E-state index contributed by atoms with van der Waals surface area (Å²) >= 11 is 1.95. The van der Waals surface area contributed by atoms with E-state index in [1.807, 2.05) is 11.8 Å². The number of aromatic nitrogens is 2. The maximum absolute atomic E-state index is 5.67. The van der Waals surface area contributed by atoms with Crippen LogP contribution in [0.3, 0.4) is 0 Å². The lowest BCUT2D eigenvalue weighted by molar-refractivity contribution is 0.889. The van der Waals surface area contributed by atoms with Crippen molar-refractivity contribution in [3.8, 4) is 27.9 Å². The number of allylic oxidation sites excluding steroid dienone is 1. The van der Waals surface area contributed by atoms with Gasteiger partial charge in [0.05, 0.1) is 33.0 Å². The summed E-state index contributed by atoms with van der Waals surface area (Å²) in [5.74, 6) is 1.08. The van der Waals surface area contributed by atoms with E-state index in [1.54, 1.807) is 0 Å². The lowest BCUT2D eigenvalue weighted by Crippen LogP contribution is -2.26. The second-order valence-electron chi connectivity index (χ2n) is 18.6. The quantitative estimate of drug-likeness (QED) is 0.158. The fourth-order valence-corrected chi connectivity index (χ4v) is 13.2. The zero-order valence-electron chi connectivity index (χ0n) is 37.4. The fraction of sp³-hybridized carbons (Fsp3) is 0.0308. The molecule has 4 heterocycles. The standard InChI is InChI=1S/C65H41N3S/c1-2-15-40(16-3-1)64-65-57(39-63(66-64)68-60-28-13-10-25-53(60)55-38-45(31-33-61(55)68)67-58-26-11-8-23-51(58)52-24-9-12-27-59(52)67)56-37-44(30-34-62(56)69-65)42-18-14-17-41(35-42)43-29-32-50-48-21-5-4-19-46(48)47-20-6-7-22-49(47)54(50)36-43/h1-39,57,65H. The Morgan fingerprint density at radius 1 is 0.333 bits per heavy atom. The van der Waals surface area contributed by atoms with Crippen LogP contribution in [0.1, 0.15) is 17.0 Å². The lowest BCUT2D eigenvalue weighted by atomic mass is 9.87. The van der Waals surface area contributed by atoms with E-state index in [9.17, 15) is 0 Å². The minimum absolute atomic E-state index is 0.118. The van der Waals surface area contributed by atoms with Gasteiger partial charge in [-0.05, 0) is 132 Å². The van der Waals surface area contributed by atoms with Gasteiger partial charge < -0.3 is 4.57 Å². The summed E-state index contributed by atoms with van der Waals surface area (Å²) < 4.78 is 4.82. The number of benzene rings is 11. The van der Waals surface area contributed by atoms with E-state index in [0.717, 1.165) is 33.8 Å². The van der Waals surface area contributed by atoms with Crippen molar-refractivity contribution in [2.75, 3.05) is 0 Å². The molecule has 0 saturated carbocycles. The Morgan fingerprint density at radius 3 is 1.49 bits per heavy atom. The first-order valence-electron chi connectivity index (χ1n) is 23.8. The molecule has 0 fully saturated rings. The van der Waals surface area contributed by atoms with E-state index in [2.05, 4.69) is 246 Å². The molecule has 2 aromatic heterocycles. The largest absolute Gasteiger partial charge is 0.309 e. The van der Waals surface area contributed by atoms with Crippen LogP contribution >= 0.6 is 11.8 Å². The fourth-order valence-electron chi connectivity index (χ4n) is 11.7. The van der Waals surface area contributed by atoms with Crippen molar-refractivity contribution >= 4 is 99.2 Å². The van der Waals surface area contributed by atoms with Crippen molar-refractivity contribution in [2.24, 2.45) is 4.99 Å². The average Bonchev–Trinajstić information content (AvgIpc) is 4.08. The van der Waals surface area contributed by atoms with Gasteiger partial charge in [-0.15, -0.1) is 11.8 Å². The molecule has 0 aliphatic carbocycles. The lowest BCUT2D eigenvalue weighted by Gasteiger charge is -2.26. The molecule has 2 unspecified atom stereocenters. The Morgan fingerprint density at radius 2 is 0.826 bits per heavy atom. The van der Waals surface area contributed by atoms with E-state index >= 15 is 0 Å². The summed E-state index contributed by atoms with van der Waals surface area (Å²) in [7, 11) is 0. The van der Waals surface area contributed by atoms with Gasteiger partial charge in [0.25, 0.3) is 0 Å². The van der Waals surface area contributed by atoms with Crippen molar-refractivity contribution in [3.05, 3.63) is 248 Å². The molecular weight excluding hydrogens is 855 g/mol. The molecule has 2 aliphatic rings. The molecule has 4 heteroatoms. The van der Waals surface area contributed by atoms with Gasteiger partial charge in [0, 0.05) is 38.0 Å². The van der Waals surface area contributed by atoms with Crippen molar-refractivity contribution in [1.29, 1.82) is 0 Å². The van der Waals surface area contributed by atoms with Gasteiger partial charge in [-0.2, -0.15) is 0 Å². The molecule has 11 aromatic carbocycles. The van der Waals surface area contributed by atoms with Gasteiger partial charge >= 0.3 is 0 Å². The molecule has 2 atom stereocenters. The number of thioether (sulfide) groups is 1. The highest BCUT2D eigenvalue weighted by atomic mass is 32.2. The minimum atomic E-state index is 0.118. The highest BCUT2D eigenvalue weighted by Gasteiger charge is 2.39. The normalized spacial score (nSPS) is 15.7. The predicted molar refractivity (Wildman–Crippen MR) is 293 cm³/mol. The molecule has 0 radical (unpaired) electrons. The number of aliphatic imine (C=N–C) groups is 1. The van der Waals surface area contributed by atoms with Crippen molar-refractivity contribution < 1.29 is 0 Å². The maximum Gasteiger partial charge on any atom is 0.134 e. The van der Waals surface area contributed by atoms with E-state index in [1.165, 1.54) is 97.6 Å². The molecule has 322 valence electrons. The van der Waals surface area contributed by atoms with Crippen LogP contribution in [-0.2, 0) is 0 Å². The highest BCUT2D eigenvalue weighted by Crippen LogP contribution is 2.52. The van der Waals surface area contributed by atoms with Crippen molar-refractivity contribution in [3.63, 3.8) is 0 Å². The van der Waals surface area contributed by atoms with Crippen LogP contribution in [0, 0.1) is 0 Å². The van der Waals surface area contributed by atoms with E-state index in [0.29, 0.717) is 0 Å². The molecule has 3 nitrogen and oxygen atoms in total. The second-order valence-corrected chi connectivity index (χ2v) is 19.7. The summed E-state index contributed by atoms with van der Waals surface area (Å²) in [6.07, 6.45) is 2.45. The topological polar surface area (TPSA) is 22.2 Å². The smallest absolute Gasteiger partial charge is 0.134 e. The third-order valence-electron chi connectivity index (χ3n) is 14.8. The summed E-state index contributed by atoms with van der Waals surface area (Å²) in [6.45, 7) is 0. The van der Waals surface area contributed by atoms with Crippen LogP contribution in [0.15, 0.2) is 246 Å². The maximum atomic E-state index is 5.67. The Hall–Kier alpha value is -8.44. The molecule has 0 bridgehead atoms. The van der Waals surface area contributed by atoms with Crippen LogP contribution < -0.4 is 0 Å². The molecular formula is C65H41N3S. The number of fused-ring (bicyclic) bond motifs is 15. The van der Waals surface area contributed by atoms with Crippen LogP contribution in [0.5, 0.6) is 0 Å². The number of hydrogen-bond donors (Lipinski definition) is 0. The molecule has 0 saturated heterocycles. The van der Waals surface area contributed by atoms with Crippen LogP contribution in [0.2, 0.25) is 0 Å². The predicted octanol–water partition coefficient (Wildman–Crippen LogP) is 17.2. The van der Waals surface area contributed by atoms with Crippen molar-refractivity contribution in [2.45, 2.75) is 16.1 Å². The molecule has 0 spiro atoms. The van der Waals surface area contributed by atoms with Gasteiger partial charge in [0.2, 0.25) is 0 Å². The van der Waals surface area contributed by atoms with E-state index < -0.39 is 0 Å². The first kappa shape index (κ1) is 38.6. The van der Waals surface area contributed by atoms with E-state index in [4.69, 9.17) is 4.99 Å². The van der Waals surface area contributed by atoms with Gasteiger partial charge in [-0.3, -0.25) is 4.57 Å². The number of nitrogens with zero attached hydrogens (tertiary/aromatic N) is 3. The molecule has 2 aliphatic heterocycles. The highest BCUT2D eigenvalue weighted by molar-refractivity contribution is 8.01. The van der Waals surface area contributed by atoms with Crippen LogP contribution in [0.25, 0.3) is 110 Å². The number of hydrogen-bond acceptors (Lipinski definition) is 2. The van der Waals surface area contributed by atoms with Gasteiger partial charge in [0.15, 0.2) is 0 Å². The Balaban J connectivity index is 0.861. The summed E-state index contributed by atoms with van der Waals surface area (Å²) in [5.41, 5.74) is 14.4. The van der Waals surface area contributed by atoms with Gasteiger partial charge in [-0.25, -0.2) is 4.99 Å². The summed E-state index contributed by atoms with van der Waals surface area (Å²) in [6, 6.07) is 85.0. The first-order valence-corrected chi connectivity index (χ1v) is 24.7. The second kappa shape index (κ2) is 15.0. The van der Waals surface area contributed by atoms with E-state index in [-0.39, 0.29) is 11.2 Å². The third kappa shape index (κ3) is 5.86. The molecule has 0 amide bonds. The van der Waals surface area contributed by atoms with Gasteiger partial charge in [0.1, 0.15) is 5.82 Å². The Labute approximate surface area is 402 Å². The molecule has 15 rings (SSSR count). The monoisotopic (exact) mass is 895 g/mol. The third-order valence-corrected chi connectivity index (χ3v) is 16.2. The SMILES string of the molecule is C1=C(n2c3ccccc3c3cc(-n4c5ccccc5c5ccccc54)ccc32)N=C(c2ccccc2)C2Sc3ccc(-c4cccc(-c5ccc6c7ccccc7c7ccccc7c6c5)c4)cc3C12. The van der Waals surface area contributed by atoms with Crippen molar-refractivity contribution in [1.82, 2.24) is 9.13 Å². The number of rotatable bonds is 5. The van der Waals surface area contributed by atoms with Crippen LogP contribution in [-0.4, -0.2) is 20.1 Å². The zero-order valence-corrected chi connectivity index (χ0v) is 38.2. The minimum Gasteiger partial charge on any atom is -0.309 e. The summed E-state index contributed by atoms with van der Waals surface area (Å²) in [4.78, 5) is 6.99. The molecule has 69 heavy (non-hydrogen) atoms. The first-order chi connectivity index (χ1) is 34.2.